The van der Waals surface area contributed by atoms with Crippen LogP contribution in [0.25, 0.3) is 0 Å². The number of aliphatic carboxylic acids is 1. The van der Waals surface area contributed by atoms with Gasteiger partial charge in [-0.2, -0.15) is 13.2 Å². The number of carboxylic acids is 1. The molecule has 29 heavy (non-hydrogen) atoms. The Labute approximate surface area is 165 Å². The minimum Gasteiger partial charge on any atom is -0.496 e. The molecule has 1 atom stereocenters. The van der Waals surface area contributed by atoms with E-state index in [1.807, 2.05) is 0 Å². The highest BCUT2D eigenvalue weighted by molar-refractivity contribution is 5.70. The largest absolute Gasteiger partial charge is 0.496 e. The molecule has 1 aliphatic heterocycles. The summed E-state index contributed by atoms with van der Waals surface area (Å²) in [6, 6.07) is 8.02. The summed E-state index contributed by atoms with van der Waals surface area (Å²) in [6.45, 7) is 0.543. The predicted octanol–water partition coefficient (Wildman–Crippen LogP) is 4.74. The van der Waals surface area contributed by atoms with Crippen LogP contribution in [0.2, 0.25) is 0 Å². The van der Waals surface area contributed by atoms with E-state index in [0.717, 1.165) is 6.07 Å². The summed E-state index contributed by atoms with van der Waals surface area (Å²) in [5.74, 6) is -1.77. The van der Waals surface area contributed by atoms with Gasteiger partial charge in [0.15, 0.2) is 0 Å². The molecule has 1 N–H and O–H groups in total. The Morgan fingerprint density at radius 3 is 2.38 bits per heavy atom. The van der Waals surface area contributed by atoms with Crippen LogP contribution >= 0.6 is 0 Å². The molecule has 1 fully saturated rings. The number of carboxylic acid groups (broad SMARTS) is 1. The van der Waals surface area contributed by atoms with Crippen LogP contribution in [0.3, 0.4) is 0 Å². The summed E-state index contributed by atoms with van der Waals surface area (Å²) in [4.78, 5) is 13.0. The first kappa shape index (κ1) is 21.1. The van der Waals surface area contributed by atoms with Crippen molar-refractivity contribution >= 4 is 5.97 Å². The zero-order chi connectivity index (χ0) is 21.2. The molecule has 1 unspecified atom stereocenters. The van der Waals surface area contributed by atoms with Crippen LogP contribution < -0.4 is 4.74 Å². The van der Waals surface area contributed by atoms with Gasteiger partial charge in [0, 0.05) is 5.56 Å². The van der Waals surface area contributed by atoms with Crippen molar-refractivity contribution in [1.82, 2.24) is 4.90 Å². The number of alkyl halides is 3. The average Bonchev–Trinajstić information content (AvgIpc) is 2.68. The minimum absolute atomic E-state index is 0.0160. The number of carbonyl (C=O) groups is 1. The van der Waals surface area contributed by atoms with Crippen molar-refractivity contribution in [2.75, 3.05) is 20.2 Å². The molecular weight excluding hydrogens is 390 g/mol. The Balaban J connectivity index is 2.12. The SMILES string of the molecule is COc1ccc(F)cc1C(c1ccccc1C(F)(F)F)N1CCC(C(=O)O)CC1. The van der Waals surface area contributed by atoms with E-state index in [0.29, 0.717) is 12.8 Å². The number of hydrogen-bond donors (Lipinski definition) is 1. The number of nitrogens with zero attached hydrogens (tertiary/aromatic N) is 1. The van der Waals surface area contributed by atoms with Crippen molar-refractivity contribution in [2.24, 2.45) is 5.92 Å². The number of piperidine rings is 1. The van der Waals surface area contributed by atoms with E-state index < -0.39 is 35.5 Å². The molecule has 4 nitrogen and oxygen atoms in total. The molecule has 2 aromatic rings. The molecule has 0 bridgehead atoms. The van der Waals surface area contributed by atoms with Gasteiger partial charge < -0.3 is 9.84 Å². The van der Waals surface area contributed by atoms with Crippen molar-refractivity contribution in [2.45, 2.75) is 25.1 Å². The molecule has 2 aromatic carbocycles. The van der Waals surface area contributed by atoms with Crippen molar-refractivity contribution in [3.63, 3.8) is 0 Å². The lowest BCUT2D eigenvalue weighted by molar-refractivity contribution is -0.143. The first-order chi connectivity index (χ1) is 13.7. The average molecular weight is 411 g/mol. The van der Waals surface area contributed by atoms with Gasteiger partial charge in [0.1, 0.15) is 11.6 Å². The molecule has 3 rings (SSSR count). The molecule has 1 heterocycles. The van der Waals surface area contributed by atoms with E-state index in [9.17, 15) is 27.5 Å². The van der Waals surface area contributed by atoms with Crippen LogP contribution in [-0.2, 0) is 11.0 Å². The highest BCUT2D eigenvalue weighted by Gasteiger charge is 2.39. The second kappa shape index (κ2) is 8.41. The van der Waals surface area contributed by atoms with Crippen LogP contribution in [0, 0.1) is 11.7 Å². The molecule has 0 aromatic heterocycles. The molecule has 0 spiro atoms. The van der Waals surface area contributed by atoms with Gasteiger partial charge in [-0.1, -0.05) is 18.2 Å². The van der Waals surface area contributed by atoms with Crippen molar-refractivity contribution in [3.8, 4) is 5.75 Å². The smallest absolute Gasteiger partial charge is 0.416 e. The second-order valence-corrected chi connectivity index (χ2v) is 7.02. The number of methoxy groups -OCH3 is 1. The summed E-state index contributed by atoms with van der Waals surface area (Å²) in [5.41, 5.74) is -0.549. The van der Waals surface area contributed by atoms with E-state index in [1.54, 1.807) is 4.90 Å². The maximum absolute atomic E-state index is 14.1. The van der Waals surface area contributed by atoms with E-state index >= 15 is 0 Å². The molecule has 156 valence electrons. The van der Waals surface area contributed by atoms with Crippen LogP contribution in [0.15, 0.2) is 42.5 Å². The van der Waals surface area contributed by atoms with Crippen molar-refractivity contribution in [1.29, 1.82) is 0 Å². The summed E-state index contributed by atoms with van der Waals surface area (Å²) < 4.78 is 60.5. The highest BCUT2D eigenvalue weighted by Crippen LogP contribution is 2.42. The Morgan fingerprint density at radius 1 is 1.14 bits per heavy atom. The topological polar surface area (TPSA) is 49.8 Å². The van der Waals surface area contributed by atoms with E-state index in [2.05, 4.69) is 0 Å². The highest BCUT2D eigenvalue weighted by atomic mass is 19.4. The Hall–Kier alpha value is -2.61. The third-order valence-corrected chi connectivity index (χ3v) is 5.29. The quantitative estimate of drug-likeness (QED) is 0.723. The molecule has 0 radical (unpaired) electrons. The fourth-order valence-electron chi connectivity index (χ4n) is 3.88. The first-order valence-corrected chi connectivity index (χ1v) is 9.18. The lowest BCUT2D eigenvalue weighted by atomic mass is 9.88. The summed E-state index contributed by atoms with van der Waals surface area (Å²) >= 11 is 0. The standard InChI is InChI=1S/C21H21F4NO3/c1-29-18-7-6-14(22)12-16(18)19(26-10-8-13(9-11-26)20(27)28)15-4-2-3-5-17(15)21(23,24)25/h2-7,12-13,19H,8-11H2,1H3,(H,27,28). The Bertz CT molecular complexity index is 876. The number of rotatable bonds is 5. The zero-order valence-electron chi connectivity index (χ0n) is 15.7. The summed E-state index contributed by atoms with van der Waals surface area (Å²) in [5, 5.41) is 9.23. The van der Waals surface area contributed by atoms with Crippen LogP contribution in [0.1, 0.15) is 35.6 Å². The molecular formula is C21H21F4NO3. The monoisotopic (exact) mass is 411 g/mol. The van der Waals surface area contributed by atoms with Gasteiger partial charge in [-0.3, -0.25) is 9.69 Å². The normalized spacial score (nSPS) is 17.1. The lowest BCUT2D eigenvalue weighted by Gasteiger charge is -2.38. The second-order valence-electron chi connectivity index (χ2n) is 7.02. The Kier molecular flexibility index (Phi) is 6.12. The van der Waals surface area contributed by atoms with Gasteiger partial charge >= 0.3 is 12.1 Å². The van der Waals surface area contributed by atoms with Gasteiger partial charge in [0.05, 0.1) is 24.6 Å². The predicted molar refractivity (Wildman–Crippen MR) is 98.2 cm³/mol. The summed E-state index contributed by atoms with van der Waals surface area (Å²) in [6.07, 6.45) is -3.98. The molecule has 1 aliphatic rings. The molecule has 1 saturated heterocycles. The van der Waals surface area contributed by atoms with Crippen LogP contribution in [0.4, 0.5) is 17.6 Å². The summed E-state index contributed by atoms with van der Waals surface area (Å²) in [7, 11) is 1.38. The lowest BCUT2D eigenvalue weighted by Crippen LogP contribution is -2.40. The maximum atomic E-state index is 14.1. The van der Waals surface area contributed by atoms with E-state index in [1.165, 1.54) is 43.5 Å². The number of likely N-dealkylation sites (tertiary alicyclic amines) is 1. The fourth-order valence-corrected chi connectivity index (χ4v) is 3.88. The van der Waals surface area contributed by atoms with Crippen LogP contribution in [0.5, 0.6) is 5.75 Å². The first-order valence-electron chi connectivity index (χ1n) is 9.18. The molecule has 0 saturated carbocycles. The Morgan fingerprint density at radius 2 is 1.79 bits per heavy atom. The van der Waals surface area contributed by atoms with Gasteiger partial charge in [0.2, 0.25) is 0 Å². The van der Waals surface area contributed by atoms with Gasteiger partial charge in [0.25, 0.3) is 0 Å². The van der Waals surface area contributed by atoms with E-state index in [-0.39, 0.29) is 30.0 Å². The number of benzene rings is 2. The van der Waals surface area contributed by atoms with Crippen molar-refractivity contribution in [3.05, 3.63) is 65.0 Å². The van der Waals surface area contributed by atoms with Crippen molar-refractivity contribution < 1.29 is 32.2 Å². The van der Waals surface area contributed by atoms with Gasteiger partial charge in [-0.15, -0.1) is 0 Å². The van der Waals surface area contributed by atoms with Crippen LogP contribution in [-0.4, -0.2) is 36.2 Å². The number of hydrogen-bond acceptors (Lipinski definition) is 3. The van der Waals surface area contributed by atoms with E-state index in [4.69, 9.17) is 4.74 Å². The number of ether oxygens (including phenoxy) is 1. The third kappa shape index (κ3) is 4.53. The third-order valence-electron chi connectivity index (χ3n) is 5.29. The van der Waals surface area contributed by atoms with Gasteiger partial charge in [-0.05, 0) is 55.8 Å². The molecule has 8 heteroatoms. The zero-order valence-corrected chi connectivity index (χ0v) is 15.7. The maximum Gasteiger partial charge on any atom is 0.416 e. The molecule has 0 amide bonds. The minimum atomic E-state index is -4.59. The van der Waals surface area contributed by atoms with Gasteiger partial charge in [-0.25, -0.2) is 4.39 Å². The number of halogens is 4. The fraction of sp³-hybridized carbons (Fsp3) is 0.381. The molecule has 0 aliphatic carbocycles.